The third-order valence-electron chi connectivity index (χ3n) is 4.18. The van der Waals surface area contributed by atoms with Gasteiger partial charge >= 0.3 is 0 Å². The van der Waals surface area contributed by atoms with Gasteiger partial charge in [-0.05, 0) is 51.1 Å². The average molecular weight is 350 g/mol. The van der Waals surface area contributed by atoms with Crippen molar-refractivity contribution >= 4 is 32.5 Å². The number of fused-ring (bicyclic) bond motifs is 1. The molecule has 1 aliphatic heterocycles. The lowest BCUT2D eigenvalue weighted by Gasteiger charge is -2.20. The minimum atomic E-state index is 0.598. The van der Waals surface area contributed by atoms with Gasteiger partial charge in [0.1, 0.15) is 0 Å². The van der Waals surface area contributed by atoms with Crippen molar-refractivity contribution in [2.45, 2.75) is 25.3 Å². The number of nitrogens with two attached hydrogens (primary N) is 1. The molecule has 1 aliphatic rings. The number of anilines is 1. The van der Waals surface area contributed by atoms with Gasteiger partial charge in [0.05, 0.1) is 24.0 Å². The van der Waals surface area contributed by atoms with Crippen LogP contribution in [-0.2, 0) is 0 Å². The van der Waals surface area contributed by atoms with Gasteiger partial charge in [-0.25, -0.2) is 0 Å². The lowest BCUT2D eigenvalue weighted by Crippen LogP contribution is -2.26. The summed E-state index contributed by atoms with van der Waals surface area (Å²) in [7, 11) is 2.19. The highest BCUT2D eigenvalue weighted by Crippen LogP contribution is 2.32. The number of aromatic nitrogens is 1. The SMILES string of the molecule is CN1CCCC1CCOc1c(N)cnc2ccc(Br)cc12. The molecule has 4 nitrogen and oxygen atoms in total. The predicted octanol–water partition coefficient (Wildman–Crippen LogP) is 3.44. The first-order chi connectivity index (χ1) is 10.1. The fourth-order valence-electron chi connectivity index (χ4n) is 2.96. The molecule has 3 rings (SSSR count). The molecule has 2 aromatic rings. The second kappa shape index (κ2) is 6.20. The van der Waals surface area contributed by atoms with E-state index in [0.29, 0.717) is 18.3 Å². The van der Waals surface area contributed by atoms with Crippen LogP contribution in [0.3, 0.4) is 0 Å². The number of hydrogen-bond donors (Lipinski definition) is 1. The van der Waals surface area contributed by atoms with E-state index in [1.165, 1.54) is 19.4 Å². The molecule has 1 unspecified atom stereocenters. The van der Waals surface area contributed by atoms with Gasteiger partial charge in [-0.15, -0.1) is 0 Å². The smallest absolute Gasteiger partial charge is 0.153 e. The van der Waals surface area contributed by atoms with Crippen LogP contribution in [0.1, 0.15) is 19.3 Å². The van der Waals surface area contributed by atoms with Crippen molar-refractivity contribution in [3.05, 3.63) is 28.9 Å². The Balaban J connectivity index is 1.76. The van der Waals surface area contributed by atoms with Crippen LogP contribution in [0.4, 0.5) is 5.69 Å². The number of nitrogens with zero attached hydrogens (tertiary/aromatic N) is 2. The molecule has 1 atom stereocenters. The Kier molecular flexibility index (Phi) is 4.31. The minimum Gasteiger partial charge on any atom is -0.491 e. The zero-order valence-electron chi connectivity index (χ0n) is 12.2. The lowest BCUT2D eigenvalue weighted by molar-refractivity contribution is 0.235. The highest BCUT2D eigenvalue weighted by molar-refractivity contribution is 9.10. The quantitative estimate of drug-likeness (QED) is 0.918. The number of rotatable bonds is 4. The maximum Gasteiger partial charge on any atom is 0.153 e. The van der Waals surface area contributed by atoms with Crippen molar-refractivity contribution in [1.29, 1.82) is 0 Å². The van der Waals surface area contributed by atoms with Crippen LogP contribution in [0.25, 0.3) is 10.9 Å². The fourth-order valence-corrected chi connectivity index (χ4v) is 3.32. The van der Waals surface area contributed by atoms with Gasteiger partial charge in [0.2, 0.25) is 0 Å². The van der Waals surface area contributed by atoms with Gasteiger partial charge in [0, 0.05) is 15.9 Å². The van der Waals surface area contributed by atoms with Crippen molar-refractivity contribution in [3.8, 4) is 5.75 Å². The van der Waals surface area contributed by atoms with Gasteiger partial charge < -0.3 is 15.4 Å². The van der Waals surface area contributed by atoms with Crippen LogP contribution in [0.5, 0.6) is 5.75 Å². The first kappa shape index (κ1) is 14.6. The summed E-state index contributed by atoms with van der Waals surface area (Å²) >= 11 is 3.49. The zero-order valence-corrected chi connectivity index (χ0v) is 13.8. The van der Waals surface area contributed by atoms with Gasteiger partial charge in [-0.1, -0.05) is 15.9 Å². The molecule has 0 aliphatic carbocycles. The van der Waals surface area contributed by atoms with Crippen LogP contribution < -0.4 is 10.5 Å². The molecule has 1 aromatic carbocycles. The predicted molar refractivity (Wildman–Crippen MR) is 89.6 cm³/mol. The maximum atomic E-state index is 6.05. The van der Waals surface area contributed by atoms with E-state index >= 15 is 0 Å². The van der Waals surface area contributed by atoms with E-state index in [4.69, 9.17) is 10.5 Å². The first-order valence-electron chi connectivity index (χ1n) is 7.32. The molecule has 1 aromatic heterocycles. The molecule has 0 radical (unpaired) electrons. The van der Waals surface area contributed by atoms with E-state index < -0.39 is 0 Å². The Morgan fingerprint density at radius 3 is 3.10 bits per heavy atom. The van der Waals surface area contributed by atoms with Crippen LogP contribution in [0, 0.1) is 0 Å². The number of pyridine rings is 1. The molecule has 5 heteroatoms. The summed E-state index contributed by atoms with van der Waals surface area (Å²) in [6.07, 6.45) is 5.26. The molecule has 1 fully saturated rings. The molecule has 0 amide bonds. The third-order valence-corrected chi connectivity index (χ3v) is 4.67. The number of hydrogen-bond acceptors (Lipinski definition) is 4. The second-order valence-corrected chi connectivity index (χ2v) is 6.53. The monoisotopic (exact) mass is 349 g/mol. The first-order valence-corrected chi connectivity index (χ1v) is 8.11. The number of ether oxygens (including phenoxy) is 1. The van der Waals surface area contributed by atoms with E-state index in [1.54, 1.807) is 6.20 Å². The fraction of sp³-hybridized carbons (Fsp3) is 0.438. The van der Waals surface area contributed by atoms with Crippen LogP contribution in [-0.4, -0.2) is 36.1 Å². The Morgan fingerprint density at radius 1 is 1.48 bits per heavy atom. The van der Waals surface area contributed by atoms with Gasteiger partial charge in [0.25, 0.3) is 0 Å². The molecule has 0 saturated carbocycles. The summed E-state index contributed by atoms with van der Waals surface area (Å²) < 4.78 is 7.01. The van der Waals surface area contributed by atoms with Crippen LogP contribution >= 0.6 is 15.9 Å². The number of likely N-dealkylation sites (tertiary alicyclic amines) is 1. The topological polar surface area (TPSA) is 51.4 Å². The second-order valence-electron chi connectivity index (χ2n) is 5.62. The molecule has 0 bridgehead atoms. The molecular formula is C16H20BrN3O. The van der Waals surface area contributed by atoms with Crippen molar-refractivity contribution < 1.29 is 4.74 Å². The zero-order chi connectivity index (χ0) is 14.8. The van der Waals surface area contributed by atoms with Gasteiger partial charge in [-0.3, -0.25) is 4.98 Å². The number of halogens is 1. The molecule has 2 N–H and O–H groups in total. The Hall–Kier alpha value is -1.33. The highest BCUT2D eigenvalue weighted by atomic mass is 79.9. The normalized spacial score (nSPS) is 19.2. The van der Waals surface area contributed by atoms with Gasteiger partial charge in [-0.2, -0.15) is 0 Å². The van der Waals surface area contributed by atoms with E-state index in [9.17, 15) is 0 Å². The van der Waals surface area contributed by atoms with Crippen LogP contribution in [0.15, 0.2) is 28.9 Å². The van der Waals surface area contributed by atoms with Crippen molar-refractivity contribution in [2.75, 3.05) is 25.9 Å². The van der Waals surface area contributed by atoms with E-state index in [2.05, 4.69) is 32.9 Å². The summed E-state index contributed by atoms with van der Waals surface area (Å²) in [5, 5.41) is 0.962. The molecule has 21 heavy (non-hydrogen) atoms. The largest absolute Gasteiger partial charge is 0.491 e. The van der Waals surface area contributed by atoms with Crippen molar-refractivity contribution in [3.63, 3.8) is 0 Å². The minimum absolute atomic E-state index is 0.598. The standard InChI is InChI=1S/C16H20BrN3O/c1-20-7-2-3-12(20)6-8-21-16-13-9-11(17)4-5-15(13)19-10-14(16)18/h4-5,9-10,12H,2-3,6-8,18H2,1H3. The molecule has 112 valence electrons. The van der Waals surface area contributed by atoms with Crippen molar-refractivity contribution in [1.82, 2.24) is 9.88 Å². The molecule has 0 spiro atoms. The van der Waals surface area contributed by atoms with Gasteiger partial charge in [0.15, 0.2) is 5.75 Å². The Morgan fingerprint density at radius 2 is 2.33 bits per heavy atom. The summed E-state index contributed by atoms with van der Waals surface area (Å²) in [6, 6.07) is 6.58. The lowest BCUT2D eigenvalue weighted by atomic mass is 10.1. The van der Waals surface area contributed by atoms with E-state index in [1.807, 2.05) is 18.2 Å². The summed E-state index contributed by atoms with van der Waals surface area (Å²) in [4.78, 5) is 6.76. The Labute approximate surface area is 133 Å². The van der Waals surface area contributed by atoms with Crippen LogP contribution in [0.2, 0.25) is 0 Å². The van der Waals surface area contributed by atoms with E-state index in [0.717, 1.165) is 27.5 Å². The molecule has 1 saturated heterocycles. The number of nitrogen functional groups attached to an aromatic ring is 1. The Bertz CT molecular complexity index is 641. The summed E-state index contributed by atoms with van der Waals surface area (Å²) in [5.41, 5.74) is 7.55. The third kappa shape index (κ3) is 3.14. The molecule has 2 heterocycles. The van der Waals surface area contributed by atoms with E-state index in [-0.39, 0.29) is 0 Å². The summed E-state index contributed by atoms with van der Waals surface area (Å²) in [6.45, 7) is 1.88. The molecular weight excluding hydrogens is 330 g/mol. The van der Waals surface area contributed by atoms with Crippen molar-refractivity contribution in [2.24, 2.45) is 0 Å². The maximum absolute atomic E-state index is 6.05. The average Bonchev–Trinajstić information content (AvgIpc) is 2.87. The summed E-state index contributed by atoms with van der Waals surface area (Å²) in [5.74, 6) is 0.752. The highest BCUT2D eigenvalue weighted by Gasteiger charge is 2.20. The number of benzene rings is 1.